The van der Waals surface area contributed by atoms with Gasteiger partial charge in [-0.05, 0) is 19.1 Å². The van der Waals surface area contributed by atoms with Crippen molar-refractivity contribution in [1.29, 1.82) is 0 Å². The lowest BCUT2D eigenvalue weighted by molar-refractivity contribution is -0.169. The molecule has 1 aromatic rings. The number of amides is 2. The smallest absolute Gasteiger partial charge is 0.256 e. The summed E-state index contributed by atoms with van der Waals surface area (Å²) in [5, 5.41) is 0. The van der Waals surface area contributed by atoms with E-state index >= 15 is 0 Å². The van der Waals surface area contributed by atoms with E-state index in [1.165, 1.54) is 6.92 Å². The van der Waals surface area contributed by atoms with Crippen molar-refractivity contribution in [1.82, 2.24) is 14.8 Å². The highest BCUT2D eigenvalue weighted by Crippen LogP contribution is 2.20. The molecule has 1 aromatic heterocycles. The molecule has 0 spiro atoms. The predicted molar refractivity (Wildman–Crippen MR) is 82.2 cm³/mol. The Bertz CT molecular complexity index is 535. The van der Waals surface area contributed by atoms with Gasteiger partial charge in [0.05, 0.1) is 13.2 Å². The van der Waals surface area contributed by atoms with E-state index < -0.39 is 5.60 Å². The number of aromatic nitrogens is 1. The SMILES string of the molecule is CC(=O)N1CCOC(C)(C(=O)N(C)CCc2ccccn2)C1. The summed E-state index contributed by atoms with van der Waals surface area (Å²) in [7, 11) is 1.76. The molecule has 1 unspecified atom stereocenters. The van der Waals surface area contributed by atoms with Crippen molar-refractivity contribution in [2.75, 3.05) is 33.3 Å². The minimum absolute atomic E-state index is 0.0292. The highest BCUT2D eigenvalue weighted by atomic mass is 16.5. The zero-order chi connectivity index (χ0) is 16.2. The lowest BCUT2D eigenvalue weighted by Gasteiger charge is -2.40. The van der Waals surface area contributed by atoms with Crippen LogP contribution in [-0.2, 0) is 20.7 Å². The van der Waals surface area contributed by atoms with Gasteiger partial charge in [0.25, 0.3) is 5.91 Å². The van der Waals surface area contributed by atoms with Gasteiger partial charge in [-0.3, -0.25) is 14.6 Å². The molecule has 1 atom stereocenters. The zero-order valence-corrected chi connectivity index (χ0v) is 13.4. The molecule has 2 heterocycles. The Morgan fingerprint density at radius 2 is 2.23 bits per heavy atom. The Morgan fingerprint density at radius 3 is 2.86 bits per heavy atom. The Balaban J connectivity index is 1.95. The summed E-state index contributed by atoms with van der Waals surface area (Å²) in [6.45, 7) is 5.05. The normalized spacial score (nSPS) is 21.5. The number of ether oxygens (including phenoxy) is 1. The van der Waals surface area contributed by atoms with Crippen molar-refractivity contribution < 1.29 is 14.3 Å². The second kappa shape index (κ2) is 6.87. The van der Waals surface area contributed by atoms with Gasteiger partial charge in [0.15, 0.2) is 5.60 Å². The summed E-state index contributed by atoms with van der Waals surface area (Å²) in [4.78, 5) is 31.7. The van der Waals surface area contributed by atoms with E-state index in [9.17, 15) is 9.59 Å². The van der Waals surface area contributed by atoms with Gasteiger partial charge in [-0.2, -0.15) is 0 Å². The van der Waals surface area contributed by atoms with Crippen molar-refractivity contribution in [2.24, 2.45) is 0 Å². The van der Waals surface area contributed by atoms with Crippen molar-refractivity contribution in [3.05, 3.63) is 30.1 Å². The summed E-state index contributed by atoms with van der Waals surface area (Å²) < 4.78 is 5.68. The Labute approximate surface area is 131 Å². The van der Waals surface area contributed by atoms with E-state index in [2.05, 4.69) is 4.98 Å². The number of likely N-dealkylation sites (N-methyl/N-ethyl adjacent to an activating group) is 1. The van der Waals surface area contributed by atoms with Crippen LogP contribution in [0, 0.1) is 0 Å². The first kappa shape index (κ1) is 16.4. The van der Waals surface area contributed by atoms with Gasteiger partial charge in [-0.25, -0.2) is 0 Å². The molecule has 1 aliphatic heterocycles. The third kappa shape index (κ3) is 3.82. The van der Waals surface area contributed by atoms with E-state index in [4.69, 9.17) is 4.74 Å². The molecule has 6 nitrogen and oxygen atoms in total. The molecule has 1 aliphatic rings. The number of pyridine rings is 1. The fourth-order valence-corrected chi connectivity index (χ4v) is 2.60. The van der Waals surface area contributed by atoms with Gasteiger partial charge in [0.2, 0.25) is 5.91 Å². The molecule has 2 rings (SSSR count). The predicted octanol–water partition coefficient (Wildman–Crippen LogP) is 0.720. The summed E-state index contributed by atoms with van der Waals surface area (Å²) in [5.74, 6) is -0.132. The monoisotopic (exact) mass is 305 g/mol. The molecule has 0 saturated carbocycles. The van der Waals surface area contributed by atoms with Crippen LogP contribution in [0.25, 0.3) is 0 Å². The fraction of sp³-hybridized carbons (Fsp3) is 0.562. The van der Waals surface area contributed by atoms with E-state index in [-0.39, 0.29) is 11.8 Å². The Morgan fingerprint density at radius 1 is 1.45 bits per heavy atom. The highest BCUT2D eigenvalue weighted by molar-refractivity contribution is 5.86. The second-order valence-corrected chi connectivity index (χ2v) is 5.82. The lowest BCUT2D eigenvalue weighted by Crippen LogP contribution is -2.59. The summed E-state index contributed by atoms with van der Waals surface area (Å²) in [6.07, 6.45) is 2.43. The van der Waals surface area contributed by atoms with E-state index in [1.54, 1.807) is 30.0 Å². The van der Waals surface area contributed by atoms with Crippen LogP contribution in [0.2, 0.25) is 0 Å². The molecule has 0 radical (unpaired) electrons. The van der Waals surface area contributed by atoms with Crippen LogP contribution in [0.1, 0.15) is 19.5 Å². The van der Waals surface area contributed by atoms with Gasteiger partial charge >= 0.3 is 0 Å². The maximum absolute atomic E-state index is 12.7. The molecular weight excluding hydrogens is 282 g/mol. The Kier molecular flexibility index (Phi) is 5.13. The van der Waals surface area contributed by atoms with E-state index in [1.807, 2.05) is 18.2 Å². The molecule has 1 fully saturated rings. The molecule has 6 heteroatoms. The average molecular weight is 305 g/mol. The molecular formula is C16H23N3O3. The molecule has 0 aromatic carbocycles. The van der Waals surface area contributed by atoms with Gasteiger partial charge < -0.3 is 14.5 Å². The van der Waals surface area contributed by atoms with E-state index in [0.29, 0.717) is 32.7 Å². The molecule has 22 heavy (non-hydrogen) atoms. The summed E-state index contributed by atoms with van der Waals surface area (Å²) in [6, 6.07) is 5.74. The standard InChI is InChI=1S/C16H23N3O3/c1-13(20)19-10-11-22-16(2,12-19)15(21)18(3)9-7-14-6-4-5-8-17-14/h4-6,8H,7,9-12H2,1-3H3. The van der Waals surface area contributed by atoms with Gasteiger partial charge in [0.1, 0.15) is 0 Å². The second-order valence-electron chi connectivity index (χ2n) is 5.82. The first-order chi connectivity index (χ1) is 10.4. The molecule has 2 amide bonds. The average Bonchev–Trinajstić information content (AvgIpc) is 2.53. The van der Waals surface area contributed by atoms with E-state index in [0.717, 1.165) is 5.69 Å². The van der Waals surface area contributed by atoms with Crippen molar-refractivity contribution in [2.45, 2.75) is 25.9 Å². The van der Waals surface area contributed by atoms with Crippen LogP contribution < -0.4 is 0 Å². The number of carbonyl (C=O) groups excluding carboxylic acids is 2. The third-order valence-electron chi connectivity index (χ3n) is 3.95. The number of morpholine rings is 1. The molecule has 0 bridgehead atoms. The first-order valence-electron chi connectivity index (χ1n) is 7.47. The first-order valence-corrected chi connectivity index (χ1v) is 7.47. The Hall–Kier alpha value is -1.95. The van der Waals surface area contributed by atoms with Gasteiger partial charge in [-0.1, -0.05) is 6.07 Å². The number of nitrogens with zero attached hydrogens (tertiary/aromatic N) is 3. The number of rotatable bonds is 4. The van der Waals surface area contributed by atoms with Crippen LogP contribution in [-0.4, -0.2) is 65.5 Å². The summed E-state index contributed by atoms with van der Waals surface area (Å²) in [5.41, 5.74) is -0.0230. The topological polar surface area (TPSA) is 62.7 Å². The number of carbonyl (C=O) groups is 2. The maximum atomic E-state index is 12.7. The zero-order valence-electron chi connectivity index (χ0n) is 13.4. The number of hydrogen-bond acceptors (Lipinski definition) is 4. The van der Waals surface area contributed by atoms with Gasteiger partial charge in [0, 0.05) is 45.4 Å². The molecule has 0 aliphatic carbocycles. The van der Waals surface area contributed by atoms with Crippen molar-refractivity contribution >= 4 is 11.8 Å². The third-order valence-corrected chi connectivity index (χ3v) is 3.95. The molecule has 120 valence electrons. The summed E-state index contributed by atoms with van der Waals surface area (Å²) >= 11 is 0. The molecule has 0 N–H and O–H groups in total. The van der Waals surface area contributed by atoms with Crippen LogP contribution >= 0.6 is 0 Å². The lowest BCUT2D eigenvalue weighted by atomic mass is 10.0. The highest BCUT2D eigenvalue weighted by Gasteiger charge is 2.41. The maximum Gasteiger partial charge on any atom is 0.256 e. The van der Waals surface area contributed by atoms with Crippen LogP contribution in [0.3, 0.4) is 0 Å². The minimum Gasteiger partial charge on any atom is -0.362 e. The van der Waals surface area contributed by atoms with Gasteiger partial charge in [-0.15, -0.1) is 0 Å². The van der Waals surface area contributed by atoms with Crippen molar-refractivity contribution in [3.63, 3.8) is 0 Å². The quantitative estimate of drug-likeness (QED) is 0.822. The van der Waals surface area contributed by atoms with Crippen LogP contribution in [0.15, 0.2) is 24.4 Å². The van der Waals surface area contributed by atoms with Crippen LogP contribution in [0.4, 0.5) is 0 Å². The fourth-order valence-electron chi connectivity index (χ4n) is 2.60. The van der Waals surface area contributed by atoms with Crippen molar-refractivity contribution in [3.8, 4) is 0 Å². The minimum atomic E-state index is -0.969. The number of hydrogen-bond donors (Lipinski definition) is 0. The van der Waals surface area contributed by atoms with Crippen LogP contribution in [0.5, 0.6) is 0 Å². The largest absolute Gasteiger partial charge is 0.362 e. The molecule has 1 saturated heterocycles.